The van der Waals surface area contributed by atoms with Gasteiger partial charge in [0.05, 0.1) is 25.2 Å². The van der Waals surface area contributed by atoms with Crippen LogP contribution in [0.1, 0.15) is 47.1 Å². The molecule has 1 amide bonds. The number of allylic oxidation sites excluding steroid dienone is 2. The Hall–Kier alpha value is -2.60. The molecule has 0 spiro atoms. The van der Waals surface area contributed by atoms with E-state index in [-0.39, 0.29) is 12.0 Å². The van der Waals surface area contributed by atoms with Crippen molar-refractivity contribution in [1.29, 1.82) is 0 Å². The summed E-state index contributed by atoms with van der Waals surface area (Å²) in [5.41, 5.74) is 1.59. The molecule has 0 aliphatic rings. The van der Waals surface area contributed by atoms with Crippen molar-refractivity contribution in [2.24, 2.45) is 11.8 Å². The summed E-state index contributed by atoms with van der Waals surface area (Å²) in [6, 6.07) is 9.67. The quantitative estimate of drug-likeness (QED) is 0.401. The number of alkyl carbamates (subject to hydrolysis) is 1. The molecule has 1 aromatic carbocycles. The van der Waals surface area contributed by atoms with Crippen molar-refractivity contribution in [3.63, 3.8) is 0 Å². The molecule has 178 valence electrons. The molecule has 0 fully saturated rings. The number of ether oxygens (including phenoxy) is 3. The highest BCUT2D eigenvalue weighted by molar-refractivity contribution is 5.75. The predicted molar refractivity (Wildman–Crippen MR) is 127 cm³/mol. The summed E-state index contributed by atoms with van der Waals surface area (Å²) >= 11 is 0. The number of rotatable bonds is 10. The summed E-state index contributed by atoms with van der Waals surface area (Å²) in [6.07, 6.45) is 6.08. The van der Waals surface area contributed by atoms with Crippen LogP contribution < -0.4 is 5.32 Å². The summed E-state index contributed by atoms with van der Waals surface area (Å²) < 4.78 is 15.9. The van der Waals surface area contributed by atoms with Gasteiger partial charge in [-0.05, 0) is 46.6 Å². The first-order valence-electron chi connectivity index (χ1n) is 11.0. The molecule has 0 heterocycles. The highest BCUT2D eigenvalue weighted by Gasteiger charge is 2.26. The van der Waals surface area contributed by atoms with E-state index in [0.29, 0.717) is 0 Å². The topological polar surface area (TPSA) is 73.9 Å². The third-order valence-electron chi connectivity index (χ3n) is 5.06. The largest absolute Gasteiger partial charge is 0.469 e. The van der Waals surface area contributed by atoms with Crippen molar-refractivity contribution >= 4 is 12.1 Å². The SMILES string of the molecule is COC(=O)C(C)C(/C=C/C(C)=C/C(C)C(Cc1ccccc1)OC)NC(=O)OC(C)(C)C. The van der Waals surface area contributed by atoms with E-state index >= 15 is 0 Å². The Morgan fingerprint density at radius 1 is 1.09 bits per heavy atom. The smallest absolute Gasteiger partial charge is 0.408 e. The standard InChI is InChI=1S/C26H39NO5/c1-18(16-19(2)23(30-7)17-21-12-10-9-11-13-21)14-15-22(20(3)24(28)31-8)27-25(29)32-26(4,5)6/h9-16,19-20,22-23H,17H2,1-8H3,(H,27,29)/b15-14+,18-16+. The fourth-order valence-corrected chi connectivity index (χ4v) is 3.28. The van der Waals surface area contributed by atoms with Gasteiger partial charge in [-0.15, -0.1) is 0 Å². The van der Waals surface area contributed by atoms with E-state index in [2.05, 4.69) is 30.4 Å². The molecule has 0 aliphatic carbocycles. The molecule has 1 rings (SSSR count). The molecule has 1 aromatic rings. The van der Waals surface area contributed by atoms with E-state index in [1.165, 1.54) is 12.7 Å². The Labute approximate surface area is 193 Å². The van der Waals surface area contributed by atoms with Crippen molar-refractivity contribution in [1.82, 2.24) is 5.32 Å². The zero-order valence-electron chi connectivity index (χ0n) is 20.7. The van der Waals surface area contributed by atoms with Gasteiger partial charge in [-0.1, -0.05) is 61.1 Å². The van der Waals surface area contributed by atoms with Gasteiger partial charge < -0.3 is 19.5 Å². The number of nitrogens with one attached hydrogen (secondary N) is 1. The Kier molecular flexibility index (Phi) is 11.2. The molecule has 0 aliphatic heterocycles. The van der Waals surface area contributed by atoms with E-state index in [0.717, 1.165) is 12.0 Å². The summed E-state index contributed by atoms with van der Waals surface area (Å²) in [5.74, 6) is -0.813. The molecule has 4 unspecified atom stereocenters. The molecular weight excluding hydrogens is 406 g/mol. The number of amides is 1. The van der Waals surface area contributed by atoms with Gasteiger partial charge in [-0.2, -0.15) is 0 Å². The number of carbonyl (C=O) groups is 2. The summed E-state index contributed by atoms with van der Waals surface area (Å²) in [5, 5.41) is 2.76. The number of benzene rings is 1. The maximum Gasteiger partial charge on any atom is 0.408 e. The van der Waals surface area contributed by atoms with Gasteiger partial charge in [0.25, 0.3) is 0 Å². The van der Waals surface area contributed by atoms with Gasteiger partial charge in [0, 0.05) is 13.0 Å². The number of hydrogen-bond acceptors (Lipinski definition) is 5. The molecule has 32 heavy (non-hydrogen) atoms. The van der Waals surface area contributed by atoms with Gasteiger partial charge in [0.15, 0.2) is 0 Å². The van der Waals surface area contributed by atoms with Crippen LogP contribution in [-0.2, 0) is 25.4 Å². The minimum Gasteiger partial charge on any atom is -0.469 e. The lowest BCUT2D eigenvalue weighted by atomic mass is 9.95. The predicted octanol–water partition coefficient (Wildman–Crippen LogP) is 5.09. The fourth-order valence-electron chi connectivity index (χ4n) is 3.28. The minimum atomic E-state index is -0.633. The first kappa shape index (κ1) is 27.4. The third kappa shape index (κ3) is 10.1. The summed E-state index contributed by atoms with van der Waals surface area (Å²) in [7, 11) is 3.06. The van der Waals surface area contributed by atoms with Gasteiger partial charge in [-0.3, -0.25) is 4.79 Å². The number of esters is 1. The second-order valence-corrected chi connectivity index (χ2v) is 9.08. The van der Waals surface area contributed by atoms with E-state index < -0.39 is 29.6 Å². The second-order valence-electron chi connectivity index (χ2n) is 9.08. The highest BCUT2D eigenvalue weighted by atomic mass is 16.6. The highest BCUT2D eigenvalue weighted by Crippen LogP contribution is 2.18. The van der Waals surface area contributed by atoms with Crippen LogP contribution >= 0.6 is 0 Å². The van der Waals surface area contributed by atoms with Crippen molar-refractivity contribution in [2.75, 3.05) is 14.2 Å². The lowest BCUT2D eigenvalue weighted by molar-refractivity contribution is -0.145. The molecule has 1 N–H and O–H groups in total. The maximum absolute atomic E-state index is 12.3. The lowest BCUT2D eigenvalue weighted by Crippen LogP contribution is -2.43. The number of hydrogen-bond donors (Lipinski definition) is 1. The molecule has 0 bridgehead atoms. The van der Waals surface area contributed by atoms with Gasteiger partial charge >= 0.3 is 12.1 Å². The van der Waals surface area contributed by atoms with E-state index in [9.17, 15) is 9.59 Å². The summed E-state index contributed by atoms with van der Waals surface area (Å²) in [4.78, 5) is 24.3. The fraction of sp³-hybridized carbons (Fsp3) is 0.538. The van der Waals surface area contributed by atoms with Crippen molar-refractivity contribution < 1.29 is 23.8 Å². The molecular formula is C26H39NO5. The van der Waals surface area contributed by atoms with Crippen molar-refractivity contribution in [2.45, 2.75) is 65.7 Å². The Morgan fingerprint density at radius 2 is 1.72 bits per heavy atom. The number of carbonyl (C=O) groups excluding carboxylic acids is 2. The van der Waals surface area contributed by atoms with Crippen LogP contribution in [0.25, 0.3) is 0 Å². The zero-order chi connectivity index (χ0) is 24.3. The van der Waals surface area contributed by atoms with Crippen LogP contribution in [-0.4, -0.2) is 44.0 Å². The van der Waals surface area contributed by atoms with Gasteiger partial charge in [-0.25, -0.2) is 4.79 Å². The van der Waals surface area contributed by atoms with Gasteiger partial charge in [0.2, 0.25) is 0 Å². The maximum atomic E-state index is 12.3. The number of methoxy groups -OCH3 is 2. The van der Waals surface area contributed by atoms with E-state index in [1.54, 1.807) is 40.9 Å². The molecule has 6 heteroatoms. The first-order chi connectivity index (χ1) is 15.0. The zero-order valence-corrected chi connectivity index (χ0v) is 20.7. The Bertz CT molecular complexity index is 779. The first-order valence-corrected chi connectivity index (χ1v) is 11.0. The van der Waals surface area contributed by atoms with Crippen LogP contribution in [0, 0.1) is 11.8 Å². The normalized spacial score (nSPS) is 16.2. The molecule has 4 atom stereocenters. The second kappa shape index (κ2) is 13.1. The molecule has 0 radical (unpaired) electrons. The Morgan fingerprint density at radius 3 is 2.25 bits per heavy atom. The third-order valence-corrected chi connectivity index (χ3v) is 5.06. The van der Waals surface area contributed by atoms with Crippen LogP contribution in [0.2, 0.25) is 0 Å². The molecule has 0 saturated heterocycles. The Balaban J connectivity index is 2.92. The van der Waals surface area contributed by atoms with Crippen molar-refractivity contribution in [3.05, 3.63) is 59.7 Å². The van der Waals surface area contributed by atoms with Crippen molar-refractivity contribution in [3.8, 4) is 0 Å². The van der Waals surface area contributed by atoms with Crippen LogP contribution in [0.3, 0.4) is 0 Å². The molecule has 0 saturated carbocycles. The lowest BCUT2D eigenvalue weighted by Gasteiger charge is -2.24. The van der Waals surface area contributed by atoms with E-state index in [1.807, 2.05) is 31.2 Å². The summed E-state index contributed by atoms with van der Waals surface area (Å²) in [6.45, 7) is 11.2. The van der Waals surface area contributed by atoms with E-state index in [4.69, 9.17) is 14.2 Å². The van der Waals surface area contributed by atoms with Crippen LogP contribution in [0.4, 0.5) is 4.79 Å². The van der Waals surface area contributed by atoms with Crippen LogP contribution in [0.5, 0.6) is 0 Å². The average molecular weight is 446 g/mol. The molecule has 0 aromatic heterocycles. The molecule has 6 nitrogen and oxygen atoms in total. The average Bonchev–Trinajstić information content (AvgIpc) is 2.73. The minimum absolute atomic E-state index is 0.0328. The van der Waals surface area contributed by atoms with Gasteiger partial charge in [0.1, 0.15) is 5.60 Å². The monoisotopic (exact) mass is 445 g/mol. The van der Waals surface area contributed by atoms with Crippen LogP contribution in [0.15, 0.2) is 54.1 Å².